The SMILES string of the molecule is CNc1snnc1CN(C)Cc1ccc(Br)cc1. The highest BCUT2D eigenvalue weighted by Gasteiger charge is 2.09. The number of anilines is 1. The topological polar surface area (TPSA) is 41.1 Å². The first-order chi connectivity index (χ1) is 8.69. The zero-order valence-corrected chi connectivity index (χ0v) is 12.8. The van der Waals surface area contributed by atoms with Crippen molar-refractivity contribution in [1.82, 2.24) is 14.5 Å². The van der Waals surface area contributed by atoms with Gasteiger partial charge in [-0.05, 0) is 24.7 Å². The fraction of sp³-hybridized carbons (Fsp3) is 0.333. The van der Waals surface area contributed by atoms with E-state index in [9.17, 15) is 0 Å². The van der Waals surface area contributed by atoms with Crippen LogP contribution >= 0.6 is 27.5 Å². The van der Waals surface area contributed by atoms with E-state index >= 15 is 0 Å². The van der Waals surface area contributed by atoms with Gasteiger partial charge in [-0.2, -0.15) is 0 Å². The van der Waals surface area contributed by atoms with Crippen molar-refractivity contribution in [3.63, 3.8) is 0 Å². The van der Waals surface area contributed by atoms with Crippen molar-refractivity contribution in [1.29, 1.82) is 0 Å². The average Bonchev–Trinajstić information content (AvgIpc) is 2.79. The van der Waals surface area contributed by atoms with Crippen molar-refractivity contribution >= 4 is 32.5 Å². The molecular weight excluding hydrogens is 312 g/mol. The molecule has 0 bridgehead atoms. The molecule has 0 atom stereocenters. The Morgan fingerprint density at radius 2 is 2.00 bits per heavy atom. The second-order valence-corrected chi connectivity index (χ2v) is 5.77. The van der Waals surface area contributed by atoms with E-state index in [1.165, 1.54) is 17.1 Å². The summed E-state index contributed by atoms with van der Waals surface area (Å²) in [4.78, 5) is 2.22. The Kier molecular flexibility index (Phi) is 4.68. The summed E-state index contributed by atoms with van der Waals surface area (Å²) in [6, 6.07) is 8.37. The van der Waals surface area contributed by atoms with Crippen LogP contribution < -0.4 is 5.32 Å². The molecule has 0 radical (unpaired) electrons. The van der Waals surface area contributed by atoms with E-state index in [0.717, 1.165) is 28.3 Å². The Morgan fingerprint density at radius 1 is 1.28 bits per heavy atom. The monoisotopic (exact) mass is 326 g/mol. The second kappa shape index (κ2) is 6.26. The highest BCUT2D eigenvalue weighted by molar-refractivity contribution is 9.10. The van der Waals surface area contributed by atoms with Crippen molar-refractivity contribution < 1.29 is 0 Å². The van der Waals surface area contributed by atoms with E-state index in [-0.39, 0.29) is 0 Å². The van der Waals surface area contributed by atoms with Crippen molar-refractivity contribution in [2.24, 2.45) is 0 Å². The van der Waals surface area contributed by atoms with Crippen LogP contribution in [0.4, 0.5) is 5.00 Å². The smallest absolute Gasteiger partial charge is 0.134 e. The van der Waals surface area contributed by atoms with Gasteiger partial charge in [-0.15, -0.1) is 5.10 Å². The standard InChI is InChI=1S/C12H15BrN4S/c1-14-12-11(15-16-18-12)8-17(2)7-9-3-5-10(13)6-4-9/h3-6,14H,7-8H2,1-2H3. The van der Waals surface area contributed by atoms with Crippen LogP contribution in [0.5, 0.6) is 0 Å². The summed E-state index contributed by atoms with van der Waals surface area (Å²) in [5.74, 6) is 0. The fourth-order valence-corrected chi connectivity index (χ4v) is 2.50. The lowest BCUT2D eigenvalue weighted by molar-refractivity contribution is 0.315. The third-order valence-electron chi connectivity index (χ3n) is 2.57. The van der Waals surface area contributed by atoms with E-state index in [4.69, 9.17) is 0 Å². The van der Waals surface area contributed by atoms with Crippen LogP contribution in [0, 0.1) is 0 Å². The number of nitrogens with one attached hydrogen (secondary N) is 1. The molecule has 4 nitrogen and oxygen atoms in total. The molecule has 1 aromatic heterocycles. The minimum atomic E-state index is 0.794. The van der Waals surface area contributed by atoms with Gasteiger partial charge in [-0.25, -0.2) is 0 Å². The molecule has 1 aromatic carbocycles. The Labute approximate surface area is 119 Å². The number of nitrogens with zero attached hydrogens (tertiary/aromatic N) is 3. The summed E-state index contributed by atoms with van der Waals surface area (Å²) in [5, 5.41) is 8.29. The van der Waals surface area contributed by atoms with Gasteiger partial charge in [0, 0.05) is 36.1 Å². The highest BCUT2D eigenvalue weighted by Crippen LogP contribution is 2.19. The Hall–Kier alpha value is -0.980. The number of halogens is 1. The molecule has 0 saturated carbocycles. The van der Waals surface area contributed by atoms with Crippen LogP contribution in [0.15, 0.2) is 28.7 Å². The molecule has 6 heteroatoms. The highest BCUT2D eigenvalue weighted by atomic mass is 79.9. The molecule has 2 aromatic rings. The number of benzene rings is 1. The molecule has 0 saturated heterocycles. The maximum absolute atomic E-state index is 4.14. The van der Waals surface area contributed by atoms with Crippen LogP contribution in [0.25, 0.3) is 0 Å². The van der Waals surface area contributed by atoms with Crippen LogP contribution in [0.2, 0.25) is 0 Å². The molecule has 0 aliphatic carbocycles. The third-order valence-corrected chi connectivity index (χ3v) is 3.88. The third kappa shape index (κ3) is 3.51. The molecule has 0 aliphatic heterocycles. The van der Waals surface area contributed by atoms with Gasteiger partial charge in [0.25, 0.3) is 0 Å². The van der Waals surface area contributed by atoms with Gasteiger partial charge >= 0.3 is 0 Å². The Balaban J connectivity index is 1.96. The second-order valence-electron chi connectivity index (χ2n) is 4.10. The fourth-order valence-electron chi connectivity index (χ4n) is 1.72. The predicted molar refractivity (Wildman–Crippen MR) is 78.8 cm³/mol. The van der Waals surface area contributed by atoms with Gasteiger partial charge in [0.05, 0.1) is 0 Å². The molecule has 96 valence electrons. The maximum atomic E-state index is 4.14. The molecule has 0 aliphatic rings. The molecule has 0 spiro atoms. The van der Waals surface area contributed by atoms with Gasteiger partial charge in [-0.3, -0.25) is 4.90 Å². The zero-order valence-electron chi connectivity index (χ0n) is 10.4. The summed E-state index contributed by atoms with van der Waals surface area (Å²) in [6.45, 7) is 1.69. The zero-order chi connectivity index (χ0) is 13.0. The first-order valence-electron chi connectivity index (χ1n) is 5.61. The van der Waals surface area contributed by atoms with Crippen LogP contribution in [-0.4, -0.2) is 28.6 Å². The molecule has 2 rings (SSSR count). The molecule has 1 heterocycles. The van der Waals surface area contributed by atoms with E-state index < -0.39 is 0 Å². The lowest BCUT2D eigenvalue weighted by Gasteiger charge is -2.15. The largest absolute Gasteiger partial charge is 0.377 e. The molecule has 0 unspecified atom stereocenters. The minimum absolute atomic E-state index is 0.794. The average molecular weight is 327 g/mol. The summed E-state index contributed by atoms with van der Waals surface area (Å²) >= 11 is 4.84. The van der Waals surface area contributed by atoms with Crippen LogP contribution in [0.1, 0.15) is 11.3 Å². The van der Waals surface area contributed by atoms with Gasteiger partial charge in [0.2, 0.25) is 0 Å². The van der Waals surface area contributed by atoms with Crippen molar-refractivity contribution in [3.05, 3.63) is 40.0 Å². The number of hydrogen-bond donors (Lipinski definition) is 1. The minimum Gasteiger partial charge on any atom is -0.377 e. The van der Waals surface area contributed by atoms with E-state index in [1.54, 1.807) is 0 Å². The molecule has 0 amide bonds. The number of hydrogen-bond acceptors (Lipinski definition) is 5. The maximum Gasteiger partial charge on any atom is 0.134 e. The van der Waals surface area contributed by atoms with Gasteiger partial charge < -0.3 is 5.32 Å². The summed E-state index contributed by atoms with van der Waals surface area (Å²) in [6.07, 6.45) is 0. The van der Waals surface area contributed by atoms with E-state index in [2.05, 4.69) is 67.0 Å². The van der Waals surface area contributed by atoms with Gasteiger partial charge in [-0.1, -0.05) is 32.6 Å². The molecular formula is C12H15BrN4S. The summed E-state index contributed by atoms with van der Waals surface area (Å²) in [5.41, 5.74) is 2.29. The van der Waals surface area contributed by atoms with Crippen LogP contribution in [0.3, 0.4) is 0 Å². The van der Waals surface area contributed by atoms with E-state index in [0.29, 0.717) is 0 Å². The van der Waals surface area contributed by atoms with Crippen LogP contribution in [-0.2, 0) is 13.1 Å². The molecule has 1 N–H and O–H groups in total. The lowest BCUT2D eigenvalue weighted by atomic mass is 10.2. The van der Waals surface area contributed by atoms with Crippen molar-refractivity contribution in [2.45, 2.75) is 13.1 Å². The van der Waals surface area contributed by atoms with Crippen molar-refractivity contribution in [2.75, 3.05) is 19.4 Å². The number of rotatable bonds is 5. The predicted octanol–water partition coefficient (Wildman–Crippen LogP) is 2.97. The first-order valence-corrected chi connectivity index (χ1v) is 7.17. The summed E-state index contributed by atoms with van der Waals surface area (Å²) in [7, 11) is 3.98. The molecule has 0 fully saturated rings. The first kappa shape index (κ1) is 13.5. The molecule has 18 heavy (non-hydrogen) atoms. The summed E-state index contributed by atoms with van der Waals surface area (Å²) < 4.78 is 5.07. The Morgan fingerprint density at radius 3 is 2.67 bits per heavy atom. The van der Waals surface area contributed by atoms with Crippen molar-refractivity contribution in [3.8, 4) is 0 Å². The van der Waals surface area contributed by atoms with E-state index in [1.807, 2.05) is 7.05 Å². The quantitative estimate of drug-likeness (QED) is 0.917. The lowest BCUT2D eigenvalue weighted by Crippen LogP contribution is -2.18. The normalized spacial score (nSPS) is 10.9. The van der Waals surface area contributed by atoms with Gasteiger partial charge in [0.1, 0.15) is 10.7 Å². The Bertz CT molecular complexity index is 497. The van der Waals surface area contributed by atoms with Gasteiger partial charge in [0.15, 0.2) is 0 Å². The number of aromatic nitrogens is 2.